The minimum absolute atomic E-state index is 0.380. The monoisotopic (exact) mass is 240 g/mol. The van der Waals surface area contributed by atoms with E-state index in [-0.39, 0.29) is 0 Å². The summed E-state index contributed by atoms with van der Waals surface area (Å²) in [4.78, 5) is 13.5. The summed E-state index contributed by atoms with van der Waals surface area (Å²) < 4.78 is 0. The van der Waals surface area contributed by atoms with Crippen LogP contribution in [-0.4, -0.2) is 44.4 Å². The average molecular weight is 240 g/mol. The van der Waals surface area contributed by atoms with Crippen molar-refractivity contribution >= 4 is 5.78 Å². The molecule has 1 saturated heterocycles. The van der Waals surface area contributed by atoms with Crippen LogP contribution in [0.1, 0.15) is 39.0 Å². The third-order valence-electron chi connectivity index (χ3n) is 3.55. The van der Waals surface area contributed by atoms with Crippen molar-refractivity contribution in [3.8, 4) is 0 Å². The van der Waals surface area contributed by atoms with Crippen molar-refractivity contribution in [2.45, 2.75) is 39.0 Å². The van der Waals surface area contributed by atoms with E-state index in [1.54, 1.807) is 0 Å². The Morgan fingerprint density at radius 1 is 1.29 bits per heavy atom. The minimum Gasteiger partial charge on any atom is -0.316 e. The van der Waals surface area contributed by atoms with E-state index in [0.717, 1.165) is 37.8 Å². The topological polar surface area (TPSA) is 32.3 Å². The van der Waals surface area contributed by atoms with Crippen LogP contribution in [0, 0.1) is 11.8 Å². The van der Waals surface area contributed by atoms with E-state index in [2.05, 4.69) is 12.2 Å². The van der Waals surface area contributed by atoms with Crippen molar-refractivity contribution < 1.29 is 4.79 Å². The molecule has 100 valence electrons. The zero-order chi connectivity index (χ0) is 12.7. The molecule has 1 fully saturated rings. The van der Waals surface area contributed by atoms with Gasteiger partial charge in [-0.15, -0.1) is 0 Å². The first-order valence-corrected chi connectivity index (χ1v) is 6.95. The summed E-state index contributed by atoms with van der Waals surface area (Å²) in [7, 11) is 3.91. The Kier molecular flexibility index (Phi) is 6.75. The van der Waals surface area contributed by atoms with Gasteiger partial charge in [0, 0.05) is 6.42 Å². The molecule has 1 aliphatic rings. The van der Waals surface area contributed by atoms with Gasteiger partial charge < -0.3 is 10.2 Å². The number of ketones is 1. The fourth-order valence-corrected chi connectivity index (χ4v) is 2.52. The maximum Gasteiger partial charge on any atom is 0.146 e. The molecule has 17 heavy (non-hydrogen) atoms. The van der Waals surface area contributed by atoms with E-state index in [9.17, 15) is 4.79 Å². The molecule has 1 heterocycles. The number of hydrogen-bond donors (Lipinski definition) is 1. The van der Waals surface area contributed by atoms with E-state index in [1.165, 1.54) is 19.3 Å². The molecule has 0 bridgehead atoms. The highest BCUT2D eigenvalue weighted by Gasteiger charge is 2.15. The van der Waals surface area contributed by atoms with Gasteiger partial charge in [0.15, 0.2) is 0 Å². The van der Waals surface area contributed by atoms with Gasteiger partial charge in [0.2, 0.25) is 0 Å². The molecule has 1 rings (SSSR count). The maximum atomic E-state index is 11.6. The van der Waals surface area contributed by atoms with Gasteiger partial charge in [0.25, 0.3) is 0 Å². The van der Waals surface area contributed by atoms with Gasteiger partial charge in [-0.05, 0) is 64.7 Å². The largest absolute Gasteiger partial charge is 0.316 e. The molecule has 2 atom stereocenters. The van der Waals surface area contributed by atoms with Gasteiger partial charge in [-0.3, -0.25) is 4.79 Å². The predicted octanol–water partition coefficient (Wildman–Crippen LogP) is 1.92. The van der Waals surface area contributed by atoms with Crippen LogP contribution in [0.3, 0.4) is 0 Å². The van der Waals surface area contributed by atoms with Crippen molar-refractivity contribution in [1.29, 1.82) is 0 Å². The maximum absolute atomic E-state index is 11.6. The second-order valence-electron chi connectivity index (χ2n) is 5.88. The summed E-state index contributed by atoms with van der Waals surface area (Å²) in [5.74, 6) is 1.98. The summed E-state index contributed by atoms with van der Waals surface area (Å²) in [6, 6.07) is 0. The van der Waals surface area contributed by atoms with Crippen LogP contribution >= 0.6 is 0 Å². The number of likely N-dealkylation sites (N-methyl/N-ethyl adjacent to an activating group) is 1. The van der Waals surface area contributed by atoms with Crippen molar-refractivity contribution in [3.63, 3.8) is 0 Å². The second kappa shape index (κ2) is 7.83. The van der Waals surface area contributed by atoms with E-state index in [0.29, 0.717) is 12.3 Å². The van der Waals surface area contributed by atoms with Gasteiger partial charge >= 0.3 is 0 Å². The lowest BCUT2D eigenvalue weighted by molar-refractivity contribution is -0.119. The lowest BCUT2D eigenvalue weighted by Crippen LogP contribution is -2.23. The quantitative estimate of drug-likeness (QED) is 0.770. The Labute approximate surface area is 106 Å². The number of rotatable bonds is 6. The van der Waals surface area contributed by atoms with Crippen LogP contribution in [0.2, 0.25) is 0 Å². The molecule has 0 amide bonds. The smallest absolute Gasteiger partial charge is 0.146 e. The Bertz CT molecular complexity index is 228. The van der Waals surface area contributed by atoms with E-state index < -0.39 is 0 Å². The van der Waals surface area contributed by atoms with Crippen molar-refractivity contribution in [2.24, 2.45) is 11.8 Å². The van der Waals surface area contributed by atoms with Crippen LogP contribution in [0.15, 0.2) is 0 Å². The normalized spacial score (nSPS) is 25.9. The zero-order valence-electron chi connectivity index (χ0n) is 11.7. The van der Waals surface area contributed by atoms with Crippen LogP contribution in [0.4, 0.5) is 0 Å². The van der Waals surface area contributed by atoms with Crippen LogP contribution < -0.4 is 5.32 Å². The minimum atomic E-state index is 0.380. The number of hydrogen-bond acceptors (Lipinski definition) is 3. The molecule has 0 spiro atoms. The second-order valence-corrected chi connectivity index (χ2v) is 5.88. The number of Topliss-reactive ketones (excluding diaryl/α,β-unsaturated/α-hetero) is 1. The fraction of sp³-hybridized carbons (Fsp3) is 0.929. The average Bonchev–Trinajstić information content (AvgIpc) is 2.42. The molecule has 1 N–H and O–H groups in total. The Morgan fingerprint density at radius 2 is 2.06 bits per heavy atom. The first-order valence-electron chi connectivity index (χ1n) is 6.95. The predicted molar refractivity (Wildman–Crippen MR) is 72.2 cm³/mol. The third kappa shape index (κ3) is 6.79. The van der Waals surface area contributed by atoms with Crippen molar-refractivity contribution in [3.05, 3.63) is 0 Å². The molecular weight excluding hydrogens is 212 g/mol. The summed E-state index contributed by atoms with van der Waals surface area (Å²) in [5.41, 5.74) is 0. The molecule has 3 nitrogen and oxygen atoms in total. The molecule has 0 saturated carbocycles. The first kappa shape index (κ1) is 14.7. The van der Waals surface area contributed by atoms with Crippen LogP contribution in [0.25, 0.3) is 0 Å². The van der Waals surface area contributed by atoms with Gasteiger partial charge in [-0.25, -0.2) is 0 Å². The van der Waals surface area contributed by atoms with E-state index in [1.807, 2.05) is 19.0 Å². The highest BCUT2D eigenvalue weighted by molar-refractivity contribution is 5.80. The lowest BCUT2D eigenvalue weighted by Gasteiger charge is -2.14. The molecule has 0 aromatic heterocycles. The Morgan fingerprint density at radius 3 is 2.76 bits per heavy atom. The SMILES string of the molecule is CC1CCC(CCCC(=O)CN(C)C)CNC1. The molecular formula is C14H28N2O. The van der Waals surface area contributed by atoms with Gasteiger partial charge in [-0.2, -0.15) is 0 Å². The van der Waals surface area contributed by atoms with E-state index >= 15 is 0 Å². The van der Waals surface area contributed by atoms with Crippen LogP contribution in [0.5, 0.6) is 0 Å². The summed E-state index contributed by atoms with van der Waals surface area (Å²) in [6.45, 7) is 5.22. The first-order chi connectivity index (χ1) is 8.08. The Hall–Kier alpha value is -0.410. The van der Waals surface area contributed by atoms with Gasteiger partial charge in [-0.1, -0.05) is 6.92 Å². The number of nitrogens with zero attached hydrogens (tertiary/aromatic N) is 1. The molecule has 1 aliphatic heterocycles. The number of carbonyl (C=O) groups excluding carboxylic acids is 1. The van der Waals surface area contributed by atoms with Gasteiger partial charge in [0.1, 0.15) is 5.78 Å². The molecule has 3 heteroatoms. The molecule has 0 radical (unpaired) electrons. The zero-order valence-corrected chi connectivity index (χ0v) is 11.7. The lowest BCUT2D eigenvalue weighted by atomic mass is 9.94. The molecule has 0 aromatic rings. The van der Waals surface area contributed by atoms with Crippen molar-refractivity contribution in [2.75, 3.05) is 33.7 Å². The highest BCUT2D eigenvalue weighted by atomic mass is 16.1. The molecule has 2 unspecified atom stereocenters. The van der Waals surface area contributed by atoms with Crippen LogP contribution in [-0.2, 0) is 4.79 Å². The summed E-state index contributed by atoms with van der Waals surface area (Å²) in [5, 5.41) is 3.52. The highest BCUT2D eigenvalue weighted by Crippen LogP contribution is 2.20. The number of nitrogens with one attached hydrogen (secondary N) is 1. The molecule has 0 aromatic carbocycles. The standard InChI is InChI=1S/C14H28N2O/c1-12-7-8-13(10-15-9-12)5-4-6-14(17)11-16(2)3/h12-13,15H,4-11H2,1-3H3. The Balaban J connectivity index is 2.11. The van der Waals surface area contributed by atoms with Gasteiger partial charge in [0.05, 0.1) is 6.54 Å². The van der Waals surface area contributed by atoms with Crippen molar-refractivity contribution in [1.82, 2.24) is 10.2 Å². The third-order valence-corrected chi connectivity index (χ3v) is 3.55. The summed E-state index contributed by atoms with van der Waals surface area (Å²) in [6.07, 6.45) is 5.69. The summed E-state index contributed by atoms with van der Waals surface area (Å²) >= 11 is 0. The number of carbonyl (C=O) groups is 1. The van der Waals surface area contributed by atoms with E-state index in [4.69, 9.17) is 0 Å². The molecule has 0 aliphatic carbocycles. The fourth-order valence-electron chi connectivity index (χ4n) is 2.52.